The molecule has 0 saturated carbocycles. The van der Waals surface area contributed by atoms with E-state index < -0.39 is 0 Å². The second kappa shape index (κ2) is 10.0. The number of nitrogens with zero attached hydrogens (tertiary/aromatic N) is 2. The third-order valence-corrected chi connectivity index (χ3v) is 4.96. The minimum absolute atomic E-state index is 0.342. The number of aliphatic imine (C=N–C) groups is 1. The zero-order chi connectivity index (χ0) is 17.4. The Morgan fingerprint density at radius 1 is 1.29 bits per heavy atom. The monoisotopic (exact) mass is 352 g/mol. The normalized spacial score (nSPS) is 22.6. The van der Waals surface area contributed by atoms with Crippen molar-refractivity contribution < 1.29 is 4.74 Å². The molecule has 2 atom stereocenters. The van der Waals surface area contributed by atoms with Crippen molar-refractivity contribution in [2.24, 2.45) is 4.99 Å². The van der Waals surface area contributed by atoms with Gasteiger partial charge in [0.25, 0.3) is 0 Å². The fourth-order valence-corrected chi connectivity index (χ4v) is 3.86. The van der Waals surface area contributed by atoms with Gasteiger partial charge in [0.1, 0.15) is 0 Å². The summed E-state index contributed by atoms with van der Waals surface area (Å²) in [6.07, 6.45) is 1.80. The first-order chi connectivity index (χ1) is 11.6. The minimum atomic E-state index is 0.342. The van der Waals surface area contributed by atoms with Crippen molar-refractivity contribution in [3.8, 4) is 0 Å². The van der Waals surface area contributed by atoms with Crippen molar-refractivity contribution in [1.82, 2.24) is 15.5 Å². The summed E-state index contributed by atoms with van der Waals surface area (Å²) in [4.78, 5) is 9.82. The lowest BCUT2D eigenvalue weighted by Gasteiger charge is -2.35. The molecule has 0 aromatic carbocycles. The van der Waals surface area contributed by atoms with Crippen LogP contribution in [0.15, 0.2) is 17.1 Å². The van der Waals surface area contributed by atoms with Gasteiger partial charge < -0.3 is 15.4 Å². The average Bonchev–Trinajstić information content (AvgIpc) is 2.93. The molecule has 2 unspecified atom stereocenters. The van der Waals surface area contributed by atoms with Crippen LogP contribution in [0.5, 0.6) is 0 Å². The zero-order valence-corrected chi connectivity index (χ0v) is 16.3. The smallest absolute Gasteiger partial charge is 0.191 e. The summed E-state index contributed by atoms with van der Waals surface area (Å²) in [6.45, 7) is 14.3. The second-order valence-electron chi connectivity index (χ2n) is 6.50. The molecule has 1 aliphatic heterocycles. The van der Waals surface area contributed by atoms with Crippen molar-refractivity contribution >= 4 is 17.3 Å². The van der Waals surface area contributed by atoms with Crippen LogP contribution >= 0.6 is 11.3 Å². The van der Waals surface area contributed by atoms with Gasteiger partial charge in [-0.1, -0.05) is 0 Å². The van der Waals surface area contributed by atoms with Crippen molar-refractivity contribution in [3.63, 3.8) is 0 Å². The first-order valence-electron chi connectivity index (χ1n) is 9.02. The van der Waals surface area contributed by atoms with Gasteiger partial charge in [0, 0.05) is 42.5 Å². The Morgan fingerprint density at radius 3 is 2.67 bits per heavy atom. The third kappa shape index (κ3) is 6.79. The van der Waals surface area contributed by atoms with E-state index >= 15 is 0 Å². The van der Waals surface area contributed by atoms with Crippen LogP contribution in [0.1, 0.15) is 36.9 Å². The van der Waals surface area contributed by atoms with E-state index in [1.54, 1.807) is 0 Å². The van der Waals surface area contributed by atoms with Crippen LogP contribution in [0.2, 0.25) is 0 Å². The molecule has 2 heterocycles. The maximum Gasteiger partial charge on any atom is 0.191 e. The van der Waals surface area contributed by atoms with Crippen LogP contribution in [0.3, 0.4) is 0 Å². The Kier molecular flexibility index (Phi) is 8.02. The lowest BCUT2D eigenvalue weighted by atomic mass is 10.2. The fraction of sp³-hybridized carbons (Fsp3) is 0.722. The number of hydrogen-bond donors (Lipinski definition) is 2. The molecule has 0 radical (unpaired) electrons. The van der Waals surface area contributed by atoms with Crippen molar-refractivity contribution in [2.75, 3.05) is 32.7 Å². The summed E-state index contributed by atoms with van der Waals surface area (Å²) in [5.41, 5.74) is 0. The molecule has 24 heavy (non-hydrogen) atoms. The van der Waals surface area contributed by atoms with Gasteiger partial charge in [-0.25, -0.2) is 4.99 Å². The second-order valence-corrected chi connectivity index (χ2v) is 7.88. The topological polar surface area (TPSA) is 48.9 Å². The van der Waals surface area contributed by atoms with E-state index in [4.69, 9.17) is 4.74 Å². The molecule has 1 aromatic heterocycles. The Morgan fingerprint density at radius 2 is 2.04 bits per heavy atom. The molecule has 2 N–H and O–H groups in total. The number of morpholine rings is 1. The van der Waals surface area contributed by atoms with E-state index in [-0.39, 0.29) is 0 Å². The SMILES string of the molecule is CCNC(=NCc1ccc(C)s1)NCCCN1CC(C)OC(C)C1. The van der Waals surface area contributed by atoms with Crippen LogP contribution in [-0.4, -0.2) is 55.8 Å². The predicted octanol–water partition coefficient (Wildman–Crippen LogP) is 2.61. The average molecular weight is 353 g/mol. The Balaban J connectivity index is 1.71. The molecule has 1 saturated heterocycles. The first-order valence-corrected chi connectivity index (χ1v) is 9.83. The lowest BCUT2D eigenvalue weighted by molar-refractivity contribution is -0.0679. The number of aryl methyl sites for hydroxylation is 1. The molecule has 5 nitrogen and oxygen atoms in total. The maximum atomic E-state index is 5.78. The van der Waals surface area contributed by atoms with E-state index in [9.17, 15) is 0 Å². The highest BCUT2D eigenvalue weighted by Gasteiger charge is 2.21. The van der Waals surface area contributed by atoms with E-state index in [0.29, 0.717) is 12.2 Å². The lowest BCUT2D eigenvalue weighted by Crippen LogP contribution is -2.46. The summed E-state index contributed by atoms with van der Waals surface area (Å²) in [5.74, 6) is 0.910. The van der Waals surface area contributed by atoms with Crippen molar-refractivity contribution in [3.05, 3.63) is 21.9 Å². The summed E-state index contributed by atoms with van der Waals surface area (Å²) in [6, 6.07) is 4.31. The summed E-state index contributed by atoms with van der Waals surface area (Å²) in [5, 5.41) is 6.77. The molecule has 0 amide bonds. The van der Waals surface area contributed by atoms with Crippen molar-refractivity contribution in [1.29, 1.82) is 0 Å². The van der Waals surface area contributed by atoms with Crippen LogP contribution < -0.4 is 10.6 Å². The number of ether oxygens (including phenoxy) is 1. The van der Waals surface area contributed by atoms with Crippen LogP contribution in [0.4, 0.5) is 0 Å². The molecule has 1 aliphatic rings. The standard InChI is InChI=1S/C18H32N4OS/c1-5-19-18(21-11-17-8-7-16(4)24-17)20-9-6-10-22-12-14(2)23-15(3)13-22/h7-8,14-15H,5-6,9-13H2,1-4H3,(H2,19,20,21). The van der Waals surface area contributed by atoms with Crippen LogP contribution in [-0.2, 0) is 11.3 Å². The molecule has 6 heteroatoms. The number of nitrogens with one attached hydrogen (secondary N) is 2. The number of hydrogen-bond acceptors (Lipinski definition) is 4. The van der Waals surface area contributed by atoms with Gasteiger partial charge in [-0.05, 0) is 46.2 Å². The van der Waals surface area contributed by atoms with Gasteiger partial charge in [0.05, 0.1) is 18.8 Å². The van der Waals surface area contributed by atoms with Gasteiger partial charge in [-0.2, -0.15) is 0 Å². The van der Waals surface area contributed by atoms with E-state index in [1.807, 2.05) is 11.3 Å². The molecular formula is C18H32N4OS. The van der Waals surface area contributed by atoms with Gasteiger partial charge >= 0.3 is 0 Å². The molecule has 1 aromatic rings. The van der Waals surface area contributed by atoms with Crippen LogP contribution in [0, 0.1) is 6.92 Å². The Hall–Kier alpha value is -1.11. The molecule has 136 valence electrons. The molecule has 1 fully saturated rings. The minimum Gasteiger partial charge on any atom is -0.373 e. The molecular weight excluding hydrogens is 320 g/mol. The quantitative estimate of drug-likeness (QED) is 0.450. The summed E-state index contributed by atoms with van der Waals surface area (Å²) >= 11 is 1.81. The highest BCUT2D eigenvalue weighted by molar-refractivity contribution is 7.11. The highest BCUT2D eigenvalue weighted by Crippen LogP contribution is 2.15. The van der Waals surface area contributed by atoms with Crippen LogP contribution in [0.25, 0.3) is 0 Å². The van der Waals surface area contributed by atoms with E-state index in [0.717, 1.165) is 51.6 Å². The summed E-state index contributed by atoms with van der Waals surface area (Å²) < 4.78 is 5.78. The first kappa shape index (κ1) is 19.2. The zero-order valence-electron chi connectivity index (χ0n) is 15.5. The Labute approximate surface area is 150 Å². The number of guanidine groups is 1. The van der Waals surface area contributed by atoms with Gasteiger partial charge in [-0.15, -0.1) is 11.3 Å². The molecule has 0 bridgehead atoms. The number of thiophene rings is 1. The van der Waals surface area contributed by atoms with Gasteiger partial charge in [-0.3, -0.25) is 4.90 Å². The molecule has 0 aliphatic carbocycles. The Bertz CT molecular complexity index is 507. The van der Waals surface area contributed by atoms with E-state index in [2.05, 4.69) is 60.4 Å². The maximum absolute atomic E-state index is 5.78. The molecule has 0 spiro atoms. The van der Waals surface area contributed by atoms with Crippen molar-refractivity contribution in [2.45, 2.75) is 52.9 Å². The largest absolute Gasteiger partial charge is 0.373 e. The van der Waals surface area contributed by atoms with E-state index in [1.165, 1.54) is 9.75 Å². The summed E-state index contributed by atoms with van der Waals surface area (Å²) in [7, 11) is 0. The predicted molar refractivity (Wildman–Crippen MR) is 103 cm³/mol. The van der Waals surface area contributed by atoms with Gasteiger partial charge in [0.15, 0.2) is 5.96 Å². The third-order valence-electron chi connectivity index (χ3n) is 3.97. The molecule has 2 rings (SSSR count). The number of rotatable bonds is 7. The fourth-order valence-electron chi connectivity index (χ4n) is 3.05. The highest BCUT2D eigenvalue weighted by atomic mass is 32.1. The van der Waals surface area contributed by atoms with Gasteiger partial charge in [0.2, 0.25) is 0 Å².